The van der Waals surface area contributed by atoms with Crippen molar-refractivity contribution in [2.24, 2.45) is 0 Å². The fourth-order valence-corrected chi connectivity index (χ4v) is 5.47. The highest BCUT2D eigenvalue weighted by molar-refractivity contribution is 7.25. The Balaban J connectivity index is 1.58. The summed E-state index contributed by atoms with van der Waals surface area (Å²) in [7, 11) is 0. The number of aryl methyl sites for hydroxylation is 2. The number of para-hydroxylation sites is 1. The maximum atomic E-state index is 13.6. The number of benzene rings is 1. The first-order chi connectivity index (χ1) is 16.3. The monoisotopic (exact) mass is 476 g/mol. The van der Waals surface area contributed by atoms with E-state index in [0.717, 1.165) is 45.6 Å². The molecular weight excluding hydrogens is 448 g/mol. The number of hydrogen-bond acceptors (Lipinski definition) is 6. The quantitative estimate of drug-likeness (QED) is 0.449. The Labute approximate surface area is 201 Å². The van der Waals surface area contributed by atoms with Crippen LogP contribution in [0.5, 0.6) is 0 Å². The number of carbonyl (C=O) groups is 1. The van der Waals surface area contributed by atoms with Crippen LogP contribution in [0.15, 0.2) is 35.1 Å². The van der Waals surface area contributed by atoms with Crippen molar-refractivity contribution in [3.8, 4) is 0 Å². The Bertz CT molecular complexity index is 1490. The van der Waals surface area contributed by atoms with Gasteiger partial charge in [0, 0.05) is 29.5 Å². The van der Waals surface area contributed by atoms with Crippen LogP contribution in [0, 0.1) is 6.92 Å². The molecule has 1 aliphatic heterocycles. The second kappa shape index (κ2) is 8.60. The number of thiophene rings is 1. The van der Waals surface area contributed by atoms with Crippen molar-refractivity contribution in [3.63, 3.8) is 0 Å². The van der Waals surface area contributed by atoms with Crippen molar-refractivity contribution < 1.29 is 9.53 Å². The van der Waals surface area contributed by atoms with E-state index in [1.807, 2.05) is 38.1 Å². The first kappa shape index (κ1) is 22.7. The molecule has 1 aliphatic rings. The number of fused-ring (bicyclic) bond motifs is 4. The normalized spacial score (nSPS) is 14.9. The number of aromatic nitrogens is 3. The summed E-state index contributed by atoms with van der Waals surface area (Å²) in [5, 5.41) is 3.81. The average molecular weight is 477 g/mol. The number of amides is 1. The van der Waals surface area contributed by atoms with Gasteiger partial charge in [-0.2, -0.15) is 0 Å². The molecule has 3 aromatic heterocycles. The van der Waals surface area contributed by atoms with Crippen LogP contribution < -0.4 is 10.9 Å². The van der Waals surface area contributed by atoms with Crippen LogP contribution in [0.3, 0.4) is 0 Å². The van der Waals surface area contributed by atoms with E-state index in [0.29, 0.717) is 29.1 Å². The third-order valence-corrected chi connectivity index (χ3v) is 7.30. The van der Waals surface area contributed by atoms with Crippen LogP contribution in [-0.2, 0) is 35.5 Å². The molecule has 0 saturated carbocycles. The number of nitrogens with one attached hydrogen (secondary N) is 1. The van der Waals surface area contributed by atoms with Crippen LogP contribution in [0.1, 0.15) is 49.8 Å². The first-order valence-electron chi connectivity index (χ1n) is 11.6. The lowest BCUT2D eigenvalue weighted by molar-refractivity contribution is -0.116. The molecule has 0 saturated heterocycles. The highest BCUT2D eigenvalue weighted by Crippen LogP contribution is 2.35. The van der Waals surface area contributed by atoms with Gasteiger partial charge in [0.25, 0.3) is 5.56 Å². The van der Waals surface area contributed by atoms with Crippen molar-refractivity contribution in [2.45, 2.75) is 65.7 Å². The second-order valence-corrected chi connectivity index (χ2v) is 10.5. The van der Waals surface area contributed by atoms with E-state index in [2.05, 4.69) is 25.2 Å². The molecule has 1 aromatic carbocycles. The summed E-state index contributed by atoms with van der Waals surface area (Å²) in [6.07, 6.45) is 2.15. The van der Waals surface area contributed by atoms with Crippen molar-refractivity contribution >= 4 is 43.4 Å². The van der Waals surface area contributed by atoms with Gasteiger partial charge in [0.1, 0.15) is 21.9 Å². The molecule has 5 rings (SSSR count). The molecule has 0 atom stereocenters. The second-order valence-electron chi connectivity index (χ2n) is 9.48. The fraction of sp³-hybridized carbons (Fsp3) is 0.385. The van der Waals surface area contributed by atoms with Gasteiger partial charge in [0.2, 0.25) is 5.91 Å². The van der Waals surface area contributed by atoms with Crippen molar-refractivity contribution in [3.05, 3.63) is 63.3 Å². The smallest absolute Gasteiger partial charge is 0.272 e. The number of carbonyl (C=O) groups excluding carboxylic acids is 1. The molecule has 1 N–H and O–H groups in total. The number of hydrogen-bond donors (Lipinski definition) is 1. The maximum absolute atomic E-state index is 13.6. The van der Waals surface area contributed by atoms with Gasteiger partial charge < -0.3 is 10.1 Å². The number of anilines is 1. The maximum Gasteiger partial charge on any atom is 0.272 e. The summed E-state index contributed by atoms with van der Waals surface area (Å²) in [5.41, 5.74) is 4.00. The van der Waals surface area contributed by atoms with Gasteiger partial charge in [-0.3, -0.25) is 14.2 Å². The zero-order valence-electron chi connectivity index (χ0n) is 19.9. The van der Waals surface area contributed by atoms with Crippen LogP contribution in [-0.4, -0.2) is 26.0 Å². The first-order valence-corrected chi connectivity index (χ1v) is 12.4. The van der Waals surface area contributed by atoms with Gasteiger partial charge in [-0.25, -0.2) is 9.97 Å². The SMILES string of the molecule is CCCc1nc2c(sc3nc4c(cc32)COC(C)(C)C4)c(=O)n1CC(=O)Nc1ccccc1C. The number of rotatable bonds is 5. The lowest BCUT2D eigenvalue weighted by atomic mass is 9.95. The number of nitrogens with zero attached hydrogens (tertiary/aromatic N) is 3. The standard InChI is InChI=1S/C26H28N4O3S/c1-5-8-20-29-22-17-11-16-14-33-26(3,4)12-19(16)28-24(17)34-23(22)25(32)30(20)13-21(31)27-18-10-7-6-9-15(18)2/h6-7,9-11H,5,8,12-14H2,1-4H3,(H,27,31). The third-order valence-electron chi connectivity index (χ3n) is 6.22. The van der Waals surface area contributed by atoms with Crippen molar-refractivity contribution in [2.75, 3.05) is 5.32 Å². The van der Waals surface area contributed by atoms with Crippen LogP contribution >= 0.6 is 11.3 Å². The van der Waals surface area contributed by atoms with E-state index in [1.54, 1.807) is 0 Å². The molecule has 4 aromatic rings. The predicted molar refractivity (Wildman–Crippen MR) is 136 cm³/mol. The topological polar surface area (TPSA) is 86.1 Å². The fourth-order valence-electron chi connectivity index (χ4n) is 4.40. The summed E-state index contributed by atoms with van der Waals surface area (Å²) < 4.78 is 8.02. The molecular formula is C26H28N4O3S. The average Bonchev–Trinajstić information content (AvgIpc) is 3.13. The summed E-state index contributed by atoms with van der Waals surface area (Å²) >= 11 is 1.36. The number of ether oxygens (including phenoxy) is 1. The Hall–Kier alpha value is -3.10. The van der Waals surface area contributed by atoms with Gasteiger partial charge in [-0.1, -0.05) is 25.1 Å². The third kappa shape index (κ3) is 4.12. The van der Waals surface area contributed by atoms with Gasteiger partial charge in [-0.15, -0.1) is 11.3 Å². The van der Waals surface area contributed by atoms with Crippen molar-refractivity contribution in [1.82, 2.24) is 14.5 Å². The van der Waals surface area contributed by atoms with E-state index in [9.17, 15) is 9.59 Å². The lowest BCUT2D eigenvalue weighted by Gasteiger charge is -2.30. The molecule has 7 nitrogen and oxygen atoms in total. The van der Waals surface area contributed by atoms with Gasteiger partial charge in [0.15, 0.2) is 0 Å². The Morgan fingerprint density at radius 3 is 2.82 bits per heavy atom. The Morgan fingerprint density at radius 1 is 1.26 bits per heavy atom. The molecule has 4 heterocycles. The highest BCUT2D eigenvalue weighted by atomic mass is 32.1. The van der Waals surface area contributed by atoms with Crippen molar-refractivity contribution in [1.29, 1.82) is 0 Å². The van der Waals surface area contributed by atoms with Crippen LogP contribution in [0.4, 0.5) is 5.69 Å². The van der Waals surface area contributed by atoms with Gasteiger partial charge in [-0.05, 0) is 44.9 Å². The van der Waals surface area contributed by atoms with E-state index in [1.165, 1.54) is 15.9 Å². The summed E-state index contributed by atoms with van der Waals surface area (Å²) in [6, 6.07) is 9.67. The van der Waals surface area contributed by atoms with Crippen LogP contribution in [0.25, 0.3) is 20.4 Å². The highest BCUT2D eigenvalue weighted by Gasteiger charge is 2.28. The van der Waals surface area contributed by atoms with E-state index in [-0.39, 0.29) is 23.6 Å². The summed E-state index contributed by atoms with van der Waals surface area (Å²) in [4.78, 5) is 37.0. The molecule has 1 amide bonds. The van der Waals surface area contributed by atoms with E-state index < -0.39 is 0 Å². The van der Waals surface area contributed by atoms with Gasteiger partial charge >= 0.3 is 0 Å². The molecule has 0 bridgehead atoms. The van der Waals surface area contributed by atoms with E-state index >= 15 is 0 Å². The molecule has 8 heteroatoms. The summed E-state index contributed by atoms with van der Waals surface area (Å²) in [5.74, 6) is 0.374. The molecule has 0 spiro atoms. The lowest BCUT2D eigenvalue weighted by Crippen LogP contribution is -2.32. The van der Waals surface area contributed by atoms with E-state index in [4.69, 9.17) is 14.7 Å². The molecule has 34 heavy (non-hydrogen) atoms. The molecule has 0 fully saturated rings. The molecule has 176 valence electrons. The Kier molecular flexibility index (Phi) is 5.73. The zero-order chi connectivity index (χ0) is 24.0. The minimum atomic E-state index is -0.256. The zero-order valence-corrected chi connectivity index (χ0v) is 20.7. The molecule has 0 unspecified atom stereocenters. The van der Waals surface area contributed by atoms with Gasteiger partial charge in [0.05, 0.1) is 23.4 Å². The number of pyridine rings is 1. The largest absolute Gasteiger partial charge is 0.370 e. The minimum Gasteiger partial charge on any atom is -0.370 e. The molecule has 0 aliphatic carbocycles. The minimum absolute atomic E-state index is 0.0777. The molecule has 0 radical (unpaired) electrons. The summed E-state index contributed by atoms with van der Waals surface area (Å²) in [6.45, 7) is 8.52. The van der Waals surface area contributed by atoms with Crippen LogP contribution in [0.2, 0.25) is 0 Å². The Morgan fingerprint density at radius 2 is 2.06 bits per heavy atom. The predicted octanol–water partition coefficient (Wildman–Crippen LogP) is 4.76.